The molecule has 2 aromatic rings. The Kier molecular flexibility index (Phi) is 5.08. The lowest BCUT2D eigenvalue weighted by Gasteiger charge is -2.28. The molecule has 1 aliphatic heterocycles. The molecule has 5 heteroatoms. The van der Waals surface area contributed by atoms with Crippen molar-refractivity contribution in [1.29, 1.82) is 0 Å². The number of piperidine rings is 1. The first-order valence-corrected chi connectivity index (χ1v) is 8.85. The number of anilines is 1. The van der Waals surface area contributed by atoms with Crippen molar-refractivity contribution in [2.75, 3.05) is 18.0 Å². The van der Waals surface area contributed by atoms with Crippen molar-refractivity contribution in [2.24, 2.45) is 5.10 Å². The summed E-state index contributed by atoms with van der Waals surface area (Å²) in [5, 5.41) is 6.08. The summed E-state index contributed by atoms with van der Waals surface area (Å²) in [6.07, 6.45) is 3.89. The third-order valence-corrected chi connectivity index (χ3v) is 4.95. The monoisotopic (exact) mass is 327 g/mol. The maximum Gasteiger partial charge on any atom is 0.281 e. The number of hydrazone groups is 1. The van der Waals surface area contributed by atoms with Gasteiger partial charge in [-0.1, -0.05) is 18.2 Å². The summed E-state index contributed by atoms with van der Waals surface area (Å²) in [4.78, 5) is 15.0. The Morgan fingerprint density at radius 1 is 1.13 bits per heavy atom. The minimum Gasteiger partial charge on any atom is -0.372 e. The summed E-state index contributed by atoms with van der Waals surface area (Å²) >= 11 is 1.41. The van der Waals surface area contributed by atoms with Crippen molar-refractivity contribution in [3.8, 4) is 0 Å². The second-order valence-corrected chi connectivity index (χ2v) is 6.66. The Bertz CT molecular complexity index is 671. The summed E-state index contributed by atoms with van der Waals surface area (Å²) in [7, 11) is 0. The fraction of sp³-hybridized carbons (Fsp3) is 0.333. The average Bonchev–Trinajstić information content (AvgIpc) is 3.15. The molecule has 1 aromatic heterocycles. The molecule has 0 spiro atoms. The summed E-state index contributed by atoms with van der Waals surface area (Å²) in [6, 6.07) is 12.1. The molecule has 1 amide bonds. The van der Waals surface area contributed by atoms with Crippen molar-refractivity contribution in [1.82, 2.24) is 5.43 Å². The molecule has 0 aliphatic carbocycles. The number of hydrogen-bond donors (Lipinski definition) is 1. The van der Waals surface area contributed by atoms with E-state index in [1.807, 2.05) is 18.4 Å². The van der Waals surface area contributed by atoms with Crippen LogP contribution >= 0.6 is 11.3 Å². The van der Waals surface area contributed by atoms with Gasteiger partial charge in [0.05, 0.1) is 10.6 Å². The summed E-state index contributed by atoms with van der Waals surface area (Å²) < 4.78 is 0. The van der Waals surface area contributed by atoms with Crippen LogP contribution in [0.4, 0.5) is 5.69 Å². The zero-order valence-electron chi connectivity index (χ0n) is 13.3. The molecule has 0 saturated carbocycles. The van der Waals surface area contributed by atoms with Gasteiger partial charge >= 0.3 is 0 Å². The van der Waals surface area contributed by atoms with Crippen LogP contribution in [0.15, 0.2) is 46.9 Å². The molecule has 23 heavy (non-hydrogen) atoms. The van der Waals surface area contributed by atoms with Crippen LogP contribution in [0.3, 0.4) is 0 Å². The molecule has 4 nitrogen and oxygen atoms in total. The molecule has 120 valence electrons. The van der Waals surface area contributed by atoms with E-state index >= 15 is 0 Å². The van der Waals surface area contributed by atoms with E-state index in [4.69, 9.17) is 0 Å². The number of benzene rings is 1. The van der Waals surface area contributed by atoms with E-state index in [9.17, 15) is 4.79 Å². The predicted octanol–water partition coefficient (Wildman–Crippen LogP) is 3.89. The van der Waals surface area contributed by atoms with Gasteiger partial charge in [0, 0.05) is 18.8 Å². The highest BCUT2D eigenvalue weighted by atomic mass is 32.1. The quantitative estimate of drug-likeness (QED) is 0.684. The fourth-order valence-corrected chi connectivity index (χ4v) is 3.34. The normalized spacial score (nSPS) is 15.5. The van der Waals surface area contributed by atoms with Gasteiger partial charge < -0.3 is 4.90 Å². The number of rotatable bonds is 4. The van der Waals surface area contributed by atoms with Crippen molar-refractivity contribution in [2.45, 2.75) is 26.2 Å². The highest BCUT2D eigenvalue weighted by Gasteiger charge is 2.11. The number of thiophene rings is 1. The van der Waals surface area contributed by atoms with E-state index in [0.717, 1.165) is 24.4 Å². The number of nitrogens with zero attached hydrogens (tertiary/aromatic N) is 2. The van der Waals surface area contributed by atoms with Gasteiger partial charge in [-0.05, 0) is 55.3 Å². The van der Waals surface area contributed by atoms with Crippen molar-refractivity contribution in [3.63, 3.8) is 0 Å². The van der Waals surface area contributed by atoms with E-state index < -0.39 is 0 Å². The van der Waals surface area contributed by atoms with Gasteiger partial charge in [-0.25, -0.2) is 5.43 Å². The zero-order chi connectivity index (χ0) is 16.1. The zero-order valence-corrected chi connectivity index (χ0v) is 14.1. The van der Waals surface area contributed by atoms with Crippen molar-refractivity contribution in [3.05, 3.63) is 52.2 Å². The molecular weight excluding hydrogens is 306 g/mol. The molecule has 0 atom stereocenters. The minimum atomic E-state index is -0.163. The van der Waals surface area contributed by atoms with Gasteiger partial charge in [-0.15, -0.1) is 11.3 Å². The van der Waals surface area contributed by atoms with E-state index in [1.54, 1.807) is 6.07 Å². The standard InChI is InChI=1S/C18H21N3OS/c1-14(19-20-18(22)17-6-5-13-23-17)15-7-9-16(10-8-15)21-11-3-2-4-12-21/h5-10,13H,2-4,11-12H2,1H3,(H,20,22)/b19-14-. The summed E-state index contributed by atoms with van der Waals surface area (Å²) in [6.45, 7) is 4.19. The maximum absolute atomic E-state index is 11.9. The van der Waals surface area contributed by atoms with Gasteiger partial charge in [0.25, 0.3) is 5.91 Å². The molecule has 0 radical (unpaired) electrons. The largest absolute Gasteiger partial charge is 0.372 e. The van der Waals surface area contributed by atoms with Crippen LogP contribution in [0, 0.1) is 0 Å². The number of hydrogen-bond acceptors (Lipinski definition) is 4. The van der Waals surface area contributed by atoms with E-state index in [1.165, 1.54) is 36.3 Å². The van der Waals surface area contributed by atoms with Crippen LogP contribution in [0.2, 0.25) is 0 Å². The molecular formula is C18H21N3OS. The average molecular weight is 327 g/mol. The van der Waals surface area contributed by atoms with Crippen molar-refractivity contribution < 1.29 is 4.79 Å². The van der Waals surface area contributed by atoms with E-state index in [-0.39, 0.29) is 5.91 Å². The SMILES string of the molecule is C/C(=N/NC(=O)c1cccs1)c1ccc(N2CCCCC2)cc1. The number of nitrogens with one attached hydrogen (secondary N) is 1. The summed E-state index contributed by atoms with van der Waals surface area (Å²) in [5.41, 5.74) is 5.71. The number of carbonyl (C=O) groups excluding carboxylic acids is 1. The smallest absolute Gasteiger partial charge is 0.281 e. The van der Waals surface area contributed by atoms with Crippen LogP contribution in [-0.4, -0.2) is 24.7 Å². The number of carbonyl (C=O) groups is 1. The van der Waals surface area contributed by atoms with Crippen LogP contribution in [-0.2, 0) is 0 Å². The third-order valence-electron chi connectivity index (χ3n) is 4.08. The second-order valence-electron chi connectivity index (χ2n) is 5.71. The Morgan fingerprint density at radius 3 is 2.52 bits per heavy atom. The number of amides is 1. The first kappa shape index (κ1) is 15.7. The second kappa shape index (κ2) is 7.42. The Morgan fingerprint density at radius 2 is 1.87 bits per heavy atom. The van der Waals surface area contributed by atoms with Gasteiger partial charge in [0.15, 0.2) is 0 Å². The molecule has 0 unspecified atom stereocenters. The van der Waals surface area contributed by atoms with E-state index in [0.29, 0.717) is 4.88 Å². The van der Waals surface area contributed by atoms with Crippen LogP contribution in [0.25, 0.3) is 0 Å². The third kappa shape index (κ3) is 3.99. The molecule has 2 heterocycles. The Labute approximate surface area is 140 Å². The Balaban J connectivity index is 1.63. The predicted molar refractivity (Wildman–Crippen MR) is 96.5 cm³/mol. The van der Waals surface area contributed by atoms with Gasteiger partial charge in [0.2, 0.25) is 0 Å². The topological polar surface area (TPSA) is 44.7 Å². The first-order valence-electron chi connectivity index (χ1n) is 7.97. The van der Waals surface area contributed by atoms with Gasteiger partial charge in [-0.3, -0.25) is 4.79 Å². The maximum atomic E-state index is 11.9. The lowest BCUT2D eigenvalue weighted by atomic mass is 10.1. The molecule has 1 N–H and O–H groups in total. The van der Waals surface area contributed by atoms with Gasteiger partial charge in [-0.2, -0.15) is 5.10 Å². The van der Waals surface area contributed by atoms with Gasteiger partial charge in [0.1, 0.15) is 0 Å². The minimum absolute atomic E-state index is 0.163. The molecule has 1 aliphatic rings. The van der Waals surface area contributed by atoms with Crippen LogP contribution in [0.1, 0.15) is 41.4 Å². The highest BCUT2D eigenvalue weighted by Crippen LogP contribution is 2.20. The molecule has 0 bridgehead atoms. The van der Waals surface area contributed by atoms with Crippen LogP contribution in [0.5, 0.6) is 0 Å². The van der Waals surface area contributed by atoms with Crippen LogP contribution < -0.4 is 10.3 Å². The molecule has 1 saturated heterocycles. The lowest BCUT2D eigenvalue weighted by molar-refractivity contribution is 0.0959. The molecule has 1 fully saturated rings. The van der Waals surface area contributed by atoms with Crippen molar-refractivity contribution >= 4 is 28.6 Å². The Hall–Kier alpha value is -2.14. The molecule has 3 rings (SSSR count). The lowest BCUT2D eigenvalue weighted by Crippen LogP contribution is -2.29. The first-order chi connectivity index (χ1) is 11.2. The fourth-order valence-electron chi connectivity index (χ4n) is 2.73. The summed E-state index contributed by atoms with van der Waals surface area (Å²) in [5.74, 6) is -0.163. The molecule has 1 aromatic carbocycles. The van der Waals surface area contributed by atoms with E-state index in [2.05, 4.69) is 39.7 Å². The highest BCUT2D eigenvalue weighted by molar-refractivity contribution is 7.12.